The third-order valence-electron chi connectivity index (χ3n) is 7.71. The number of fused-ring (bicyclic) bond motifs is 2. The quantitative estimate of drug-likeness (QED) is 0.269. The smallest absolute Gasteiger partial charge is 0.303 e. The van der Waals surface area contributed by atoms with Gasteiger partial charge in [0.25, 0.3) is 0 Å². The van der Waals surface area contributed by atoms with Crippen LogP contribution in [0.4, 0.5) is 11.4 Å². The molecule has 0 amide bonds. The number of carbonyl (C=O) groups is 1. The number of para-hydroxylation sites is 2. The zero-order valence-corrected chi connectivity index (χ0v) is 21.5. The molecule has 35 heavy (non-hydrogen) atoms. The third kappa shape index (κ3) is 5.13. The van der Waals surface area contributed by atoms with Crippen LogP contribution in [0.15, 0.2) is 84.6 Å². The molecule has 0 aliphatic carbocycles. The van der Waals surface area contributed by atoms with Crippen LogP contribution in [0.1, 0.15) is 64.5 Å². The van der Waals surface area contributed by atoms with Gasteiger partial charge in [-0.05, 0) is 56.5 Å². The highest BCUT2D eigenvalue weighted by molar-refractivity contribution is 5.70. The number of allylic oxidation sites excluding steroid dienone is 5. The zero-order valence-electron chi connectivity index (χ0n) is 21.5. The Morgan fingerprint density at radius 3 is 2.40 bits per heavy atom. The summed E-state index contributed by atoms with van der Waals surface area (Å²) in [5.41, 5.74) is 6.71. The molecule has 184 valence electrons. The van der Waals surface area contributed by atoms with Crippen LogP contribution in [-0.2, 0) is 15.6 Å². The number of quaternary nitrogens is 1. The van der Waals surface area contributed by atoms with Crippen molar-refractivity contribution in [2.75, 3.05) is 11.4 Å². The van der Waals surface area contributed by atoms with Crippen LogP contribution >= 0.6 is 0 Å². The van der Waals surface area contributed by atoms with Gasteiger partial charge < -0.3 is 15.3 Å². The lowest BCUT2D eigenvalue weighted by molar-refractivity contribution is -0.596. The first-order valence-electron chi connectivity index (χ1n) is 12.8. The number of anilines is 1. The van der Waals surface area contributed by atoms with Crippen LogP contribution in [0.2, 0.25) is 0 Å². The number of benzene rings is 2. The molecule has 0 aromatic heterocycles. The second-order valence-corrected chi connectivity index (χ2v) is 10.8. The predicted molar refractivity (Wildman–Crippen MR) is 144 cm³/mol. The van der Waals surface area contributed by atoms with Gasteiger partial charge in [-0.3, -0.25) is 4.79 Å². The molecule has 0 saturated carbocycles. The van der Waals surface area contributed by atoms with E-state index in [9.17, 15) is 4.79 Å². The Kier molecular flexibility index (Phi) is 7.32. The number of aliphatic carboxylic acids is 1. The fraction of sp³-hybridized carbons (Fsp3) is 0.387. The van der Waals surface area contributed by atoms with E-state index in [1.165, 1.54) is 28.2 Å². The highest BCUT2D eigenvalue weighted by Crippen LogP contribution is 2.47. The first kappa shape index (κ1) is 25.0. The lowest BCUT2D eigenvalue weighted by atomic mass is 9.80. The van der Waals surface area contributed by atoms with Gasteiger partial charge in [-0.2, -0.15) is 0 Å². The Balaban J connectivity index is 1.47. The standard InChI is InChI=1S/C31H38N2O2/c1-30(2)23-15-10-12-17-25(23)32-27(30)19-7-5-8-20-28-31(3,4)24-16-11-13-18-26(24)33(28)22-14-6-9-21-29(34)35/h5,7-8,10-13,15-20,27,32H,6,9,14,21-22H2,1-4H3,(H,34,35)/p+1/b8-5+,19-7+,28-20+. The van der Waals surface area contributed by atoms with Crippen molar-refractivity contribution >= 4 is 17.3 Å². The molecule has 0 fully saturated rings. The fourth-order valence-corrected chi connectivity index (χ4v) is 5.61. The van der Waals surface area contributed by atoms with Crippen molar-refractivity contribution in [1.29, 1.82) is 0 Å². The van der Waals surface area contributed by atoms with Gasteiger partial charge in [0, 0.05) is 35.3 Å². The van der Waals surface area contributed by atoms with Crippen LogP contribution in [0.5, 0.6) is 0 Å². The van der Waals surface area contributed by atoms with Gasteiger partial charge in [0.05, 0.1) is 5.41 Å². The first-order chi connectivity index (χ1) is 16.7. The second-order valence-electron chi connectivity index (χ2n) is 10.8. The summed E-state index contributed by atoms with van der Waals surface area (Å²) in [4.78, 5) is 13.3. The molecule has 2 aliphatic heterocycles. The van der Waals surface area contributed by atoms with Gasteiger partial charge in [0.2, 0.25) is 0 Å². The first-order valence-corrected chi connectivity index (χ1v) is 12.8. The van der Waals surface area contributed by atoms with Gasteiger partial charge in [-0.1, -0.05) is 74.9 Å². The van der Waals surface area contributed by atoms with Crippen molar-refractivity contribution < 1.29 is 15.2 Å². The number of nitrogens with zero attached hydrogens (tertiary/aromatic N) is 1. The van der Waals surface area contributed by atoms with Crippen molar-refractivity contribution in [2.24, 2.45) is 0 Å². The Morgan fingerprint density at radius 2 is 1.66 bits per heavy atom. The normalized spacial score (nSPS) is 21.2. The summed E-state index contributed by atoms with van der Waals surface area (Å²) in [6.07, 6.45) is 13.9. The summed E-state index contributed by atoms with van der Waals surface area (Å²) in [6, 6.07) is 17.7. The highest BCUT2D eigenvalue weighted by Gasteiger charge is 2.42. The van der Waals surface area contributed by atoms with Crippen LogP contribution in [-0.4, -0.2) is 23.7 Å². The molecule has 0 spiro atoms. The Morgan fingerprint density at radius 1 is 0.943 bits per heavy atom. The summed E-state index contributed by atoms with van der Waals surface area (Å²) in [7, 11) is 0. The van der Waals surface area contributed by atoms with Gasteiger partial charge >= 0.3 is 5.97 Å². The average molecular weight is 472 g/mol. The molecule has 1 unspecified atom stereocenters. The van der Waals surface area contributed by atoms with Crippen molar-refractivity contribution in [2.45, 2.75) is 70.3 Å². The summed E-state index contributed by atoms with van der Waals surface area (Å²) in [5.74, 6) is -0.709. The molecular formula is C31H39N2O2+. The minimum Gasteiger partial charge on any atom is -0.481 e. The van der Waals surface area contributed by atoms with Crippen molar-refractivity contribution in [3.63, 3.8) is 0 Å². The second kappa shape index (κ2) is 10.2. The maximum atomic E-state index is 10.8. The van der Waals surface area contributed by atoms with E-state index in [2.05, 4.69) is 117 Å². The number of carboxylic acid groups (broad SMARTS) is 1. The number of unbranched alkanes of at least 4 members (excludes halogenated alkanes) is 2. The zero-order chi connectivity index (χ0) is 25.1. The topological polar surface area (TPSA) is 57.2 Å². The molecule has 2 aromatic carbocycles. The average Bonchev–Trinajstić information content (AvgIpc) is 3.20. The van der Waals surface area contributed by atoms with E-state index < -0.39 is 5.97 Å². The van der Waals surface area contributed by atoms with Crippen LogP contribution in [0.25, 0.3) is 0 Å². The lowest BCUT2D eigenvalue weighted by Crippen LogP contribution is -2.84. The summed E-state index contributed by atoms with van der Waals surface area (Å²) in [5, 5.41) is 11.3. The van der Waals surface area contributed by atoms with E-state index in [-0.39, 0.29) is 17.3 Å². The molecule has 4 nitrogen and oxygen atoms in total. The molecule has 2 heterocycles. The van der Waals surface area contributed by atoms with Gasteiger partial charge in [-0.25, -0.2) is 0 Å². The van der Waals surface area contributed by atoms with E-state index in [0.29, 0.717) is 6.04 Å². The van der Waals surface area contributed by atoms with E-state index in [1.807, 2.05) is 0 Å². The molecule has 3 N–H and O–H groups in total. The molecular weight excluding hydrogens is 432 g/mol. The monoisotopic (exact) mass is 471 g/mol. The Labute approximate surface area is 210 Å². The summed E-state index contributed by atoms with van der Waals surface area (Å²) < 4.78 is 0. The van der Waals surface area contributed by atoms with E-state index in [4.69, 9.17) is 5.11 Å². The molecule has 1 atom stereocenters. The van der Waals surface area contributed by atoms with E-state index >= 15 is 0 Å². The molecule has 4 rings (SSSR count). The molecule has 0 radical (unpaired) electrons. The van der Waals surface area contributed by atoms with Crippen LogP contribution in [0, 0.1) is 0 Å². The molecule has 4 heteroatoms. The van der Waals surface area contributed by atoms with Gasteiger partial charge in [-0.15, -0.1) is 0 Å². The third-order valence-corrected chi connectivity index (χ3v) is 7.71. The summed E-state index contributed by atoms with van der Waals surface area (Å²) in [6.45, 7) is 10.1. The SMILES string of the molecule is CC1(C)\C(=C/C=C/C=C/C2[NH2+]c3ccccc3C2(C)C)N(CCCCCC(=O)O)c2ccccc21. The minimum absolute atomic E-state index is 0.0748. The number of rotatable bonds is 9. The molecule has 0 saturated heterocycles. The number of hydrogen-bond donors (Lipinski definition) is 2. The largest absolute Gasteiger partial charge is 0.481 e. The van der Waals surface area contributed by atoms with Crippen LogP contribution in [0.3, 0.4) is 0 Å². The highest BCUT2D eigenvalue weighted by atomic mass is 16.4. The Hall–Kier alpha value is -3.11. The van der Waals surface area contributed by atoms with Gasteiger partial charge in [0.1, 0.15) is 11.7 Å². The Bertz CT molecular complexity index is 1160. The molecule has 0 bridgehead atoms. The van der Waals surface area contributed by atoms with Crippen molar-refractivity contribution in [3.05, 3.63) is 95.7 Å². The molecule has 2 aromatic rings. The lowest BCUT2D eigenvalue weighted by Gasteiger charge is -2.27. The molecule has 2 aliphatic rings. The maximum absolute atomic E-state index is 10.8. The minimum atomic E-state index is -0.709. The number of hydrogen-bond acceptors (Lipinski definition) is 2. The van der Waals surface area contributed by atoms with Crippen molar-refractivity contribution in [1.82, 2.24) is 0 Å². The van der Waals surface area contributed by atoms with E-state index in [0.717, 1.165) is 25.8 Å². The predicted octanol–water partition coefficient (Wildman–Crippen LogP) is 5.98. The van der Waals surface area contributed by atoms with Crippen molar-refractivity contribution in [3.8, 4) is 0 Å². The number of nitrogens with two attached hydrogens (primary N) is 1. The van der Waals surface area contributed by atoms with Gasteiger partial charge in [0.15, 0.2) is 0 Å². The summed E-state index contributed by atoms with van der Waals surface area (Å²) >= 11 is 0. The van der Waals surface area contributed by atoms with Crippen LogP contribution < -0.4 is 10.2 Å². The maximum Gasteiger partial charge on any atom is 0.303 e. The fourth-order valence-electron chi connectivity index (χ4n) is 5.61. The van der Waals surface area contributed by atoms with E-state index in [1.54, 1.807) is 0 Å². The number of carboxylic acids is 1.